The van der Waals surface area contributed by atoms with Gasteiger partial charge in [0.25, 0.3) is 0 Å². The topological polar surface area (TPSA) is 42.4 Å². The number of aromatic nitrogens is 1. The molecule has 19 heavy (non-hydrogen) atoms. The van der Waals surface area contributed by atoms with Crippen LogP contribution in [0.2, 0.25) is 0 Å². The molecule has 3 rings (SSSR count). The SMILES string of the molecule is OC(CCc1ccncc1)C1CCOC2(CCC2)C1. The Balaban J connectivity index is 1.51. The van der Waals surface area contributed by atoms with Gasteiger partial charge in [0.1, 0.15) is 0 Å². The maximum atomic E-state index is 10.4. The molecule has 2 atom stereocenters. The summed E-state index contributed by atoms with van der Waals surface area (Å²) in [4.78, 5) is 4.02. The molecule has 1 N–H and O–H groups in total. The predicted octanol–water partition coefficient (Wildman–Crippen LogP) is 2.72. The number of aliphatic hydroxyl groups is 1. The standard InChI is InChI=1S/C16H23NO2/c18-15(3-2-13-4-9-17-10-5-13)14-6-11-19-16(12-14)7-1-8-16/h4-5,9-10,14-15,18H,1-3,6-8,11-12H2. The number of aryl methyl sites for hydroxylation is 1. The summed E-state index contributed by atoms with van der Waals surface area (Å²) in [6.07, 6.45) is 11.0. The fourth-order valence-electron chi connectivity index (χ4n) is 3.41. The van der Waals surface area contributed by atoms with Crippen LogP contribution in [-0.4, -0.2) is 28.4 Å². The Bertz CT molecular complexity index is 402. The van der Waals surface area contributed by atoms with Crippen LogP contribution in [0.3, 0.4) is 0 Å². The highest BCUT2D eigenvalue weighted by atomic mass is 16.5. The van der Waals surface area contributed by atoms with Crippen molar-refractivity contribution in [1.29, 1.82) is 0 Å². The molecule has 2 aliphatic rings. The Morgan fingerprint density at radius 3 is 2.84 bits per heavy atom. The van der Waals surface area contributed by atoms with Crippen LogP contribution >= 0.6 is 0 Å². The lowest BCUT2D eigenvalue weighted by molar-refractivity contribution is -0.157. The summed E-state index contributed by atoms with van der Waals surface area (Å²) >= 11 is 0. The maximum Gasteiger partial charge on any atom is 0.0686 e. The molecule has 0 aromatic carbocycles. The molecule has 104 valence electrons. The van der Waals surface area contributed by atoms with Crippen LogP contribution in [-0.2, 0) is 11.2 Å². The fraction of sp³-hybridized carbons (Fsp3) is 0.688. The van der Waals surface area contributed by atoms with Gasteiger partial charge in [0, 0.05) is 19.0 Å². The van der Waals surface area contributed by atoms with Crippen molar-refractivity contribution in [3.8, 4) is 0 Å². The third kappa shape index (κ3) is 2.98. The van der Waals surface area contributed by atoms with E-state index in [2.05, 4.69) is 4.98 Å². The summed E-state index contributed by atoms with van der Waals surface area (Å²) in [5, 5.41) is 10.4. The van der Waals surface area contributed by atoms with Crippen LogP contribution < -0.4 is 0 Å². The average Bonchev–Trinajstić information content (AvgIpc) is 2.44. The fourth-order valence-corrected chi connectivity index (χ4v) is 3.41. The van der Waals surface area contributed by atoms with E-state index >= 15 is 0 Å². The van der Waals surface area contributed by atoms with Gasteiger partial charge in [-0.2, -0.15) is 0 Å². The van der Waals surface area contributed by atoms with Crippen molar-refractivity contribution in [2.24, 2.45) is 5.92 Å². The summed E-state index contributed by atoms with van der Waals surface area (Å²) < 4.78 is 5.93. The smallest absolute Gasteiger partial charge is 0.0686 e. The Morgan fingerprint density at radius 1 is 1.37 bits per heavy atom. The predicted molar refractivity (Wildman–Crippen MR) is 73.8 cm³/mol. The molecule has 3 nitrogen and oxygen atoms in total. The first-order valence-corrected chi connectivity index (χ1v) is 7.48. The van der Waals surface area contributed by atoms with Crippen LogP contribution in [0.1, 0.15) is 44.1 Å². The molecule has 2 unspecified atom stereocenters. The van der Waals surface area contributed by atoms with Crippen LogP contribution in [0.15, 0.2) is 24.5 Å². The molecule has 1 aliphatic carbocycles. The van der Waals surface area contributed by atoms with E-state index in [-0.39, 0.29) is 11.7 Å². The van der Waals surface area contributed by atoms with E-state index in [0.717, 1.165) is 32.3 Å². The van der Waals surface area contributed by atoms with Gasteiger partial charge in [0.15, 0.2) is 0 Å². The van der Waals surface area contributed by atoms with E-state index < -0.39 is 0 Å². The van der Waals surface area contributed by atoms with Gasteiger partial charge in [-0.25, -0.2) is 0 Å². The molecular weight excluding hydrogens is 238 g/mol. The lowest BCUT2D eigenvalue weighted by Crippen LogP contribution is -2.47. The number of pyridine rings is 1. The van der Waals surface area contributed by atoms with Crippen molar-refractivity contribution in [3.05, 3.63) is 30.1 Å². The number of ether oxygens (including phenoxy) is 1. The van der Waals surface area contributed by atoms with Gasteiger partial charge in [-0.05, 0) is 68.6 Å². The Morgan fingerprint density at radius 2 is 2.16 bits per heavy atom. The van der Waals surface area contributed by atoms with E-state index in [0.29, 0.717) is 5.92 Å². The molecule has 2 heterocycles. The number of hydrogen-bond acceptors (Lipinski definition) is 3. The summed E-state index contributed by atoms with van der Waals surface area (Å²) in [6, 6.07) is 4.06. The van der Waals surface area contributed by atoms with Gasteiger partial charge < -0.3 is 9.84 Å². The summed E-state index contributed by atoms with van der Waals surface area (Å²) in [5.74, 6) is 0.427. The van der Waals surface area contributed by atoms with Gasteiger partial charge in [-0.15, -0.1) is 0 Å². The molecule has 0 bridgehead atoms. The second-order valence-electron chi connectivity index (χ2n) is 6.10. The summed E-state index contributed by atoms with van der Waals surface area (Å²) in [6.45, 7) is 0.830. The van der Waals surface area contributed by atoms with Crippen molar-refractivity contribution < 1.29 is 9.84 Å². The first-order chi connectivity index (χ1) is 9.27. The van der Waals surface area contributed by atoms with Gasteiger partial charge >= 0.3 is 0 Å². The van der Waals surface area contributed by atoms with E-state index in [1.807, 2.05) is 24.5 Å². The summed E-state index contributed by atoms with van der Waals surface area (Å²) in [5.41, 5.74) is 1.40. The Hall–Kier alpha value is -0.930. The second kappa shape index (κ2) is 5.59. The molecular formula is C16H23NO2. The van der Waals surface area contributed by atoms with Crippen LogP contribution in [0.4, 0.5) is 0 Å². The maximum absolute atomic E-state index is 10.4. The largest absolute Gasteiger partial charge is 0.393 e. The molecule has 0 radical (unpaired) electrons. The van der Waals surface area contributed by atoms with Crippen LogP contribution in [0.25, 0.3) is 0 Å². The van der Waals surface area contributed by atoms with Gasteiger partial charge in [-0.1, -0.05) is 0 Å². The number of hydrogen-bond donors (Lipinski definition) is 1. The zero-order chi connectivity index (χ0) is 13.1. The third-order valence-electron chi connectivity index (χ3n) is 4.82. The Kier molecular flexibility index (Phi) is 3.85. The number of rotatable bonds is 4. The minimum atomic E-state index is -0.186. The highest BCUT2D eigenvalue weighted by Gasteiger charge is 2.43. The van der Waals surface area contributed by atoms with E-state index in [1.54, 1.807) is 0 Å². The normalized spacial score (nSPS) is 26.9. The monoisotopic (exact) mass is 261 g/mol. The zero-order valence-corrected chi connectivity index (χ0v) is 11.4. The zero-order valence-electron chi connectivity index (χ0n) is 11.4. The molecule has 1 spiro atoms. The molecule has 1 aliphatic heterocycles. The highest BCUT2D eigenvalue weighted by molar-refractivity contribution is 5.09. The highest BCUT2D eigenvalue weighted by Crippen LogP contribution is 2.45. The minimum absolute atomic E-state index is 0.139. The first-order valence-electron chi connectivity index (χ1n) is 7.48. The van der Waals surface area contributed by atoms with Crippen molar-refractivity contribution in [3.63, 3.8) is 0 Å². The third-order valence-corrected chi connectivity index (χ3v) is 4.82. The van der Waals surface area contributed by atoms with Crippen molar-refractivity contribution in [2.45, 2.75) is 56.7 Å². The summed E-state index contributed by atoms with van der Waals surface area (Å²) in [7, 11) is 0. The van der Waals surface area contributed by atoms with Gasteiger partial charge in [0.05, 0.1) is 11.7 Å². The number of aliphatic hydroxyl groups excluding tert-OH is 1. The Labute approximate surface area is 115 Å². The minimum Gasteiger partial charge on any atom is -0.393 e. The van der Waals surface area contributed by atoms with E-state index in [1.165, 1.54) is 24.8 Å². The van der Waals surface area contributed by atoms with Crippen molar-refractivity contribution in [2.75, 3.05) is 6.61 Å². The van der Waals surface area contributed by atoms with Gasteiger partial charge in [0.2, 0.25) is 0 Å². The van der Waals surface area contributed by atoms with Crippen LogP contribution in [0, 0.1) is 5.92 Å². The van der Waals surface area contributed by atoms with Gasteiger partial charge in [-0.3, -0.25) is 4.98 Å². The molecule has 1 aromatic heterocycles. The second-order valence-corrected chi connectivity index (χ2v) is 6.10. The first kappa shape index (κ1) is 13.1. The van der Waals surface area contributed by atoms with E-state index in [4.69, 9.17) is 4.74 Å². The molecule has 1 aromatic rings. The van der Waals surface area contributed by atoms with Crippen molar-refractivity contribution >= 4 is 0 Å². The van der Waals surface area contributed by atoms with Crippen molar-refractivity contribution in [1.82, 2.24) is 4.98 Å². The van der Waals surface area contributed by atoms with Crippen LogP contribution in [0.5, 0.6) is 0 Å². The molecule has 3 heteroatoms. The molecule has 1 saturated heterocycles. The molecule has 0 amide bonds. The van der Waals surface area contributed by atoms with E-state index in [9.17, 15) is 5.11 Å². The lowest BCUT2D eigenvalue weighted by atomic mass is 9.70. The molecule has 1 saturated carbocycles. The number of nitrogens with zero attached hydrogens (tertiary/aromatic N) is 1. The quantitative estimate of drug-likeness (QED) is 0.906. The molecule has 2 fully saturated rings. The average molecular weight is 261 g/mol. The lowest BCUT2D eigenvalue weighted by Gasteiger charge is -2.48.